The smallest absolute Gasteiger partial charge is 0.219 e. The number of benzene rings is 1. The summed E-state index contributed by atoms with van der Waals surface area (Å²) in [5.41, 5.74) is 6.40. The molecule has 0 aliphatic carbocycles. The zero-order chi connectivity index (χ0) is 13.0. The molecule has 2 aromatic rings. The van der Waals surface area contributed by atoms with Crippen molar-refractivity contribution < 1.29 is 9.15 Å². The van der Waals surface area contributed by atoms with E-state index in [1.54, 1.807) is 6.07 Å². The minimum atomic E-state index is 0.247. The van der Waals surface area contributed by atoms with Crippen LogP contribution in [0.3, 0.4) is 0 Å². The quantitative estimate of drug-likeness (QED) is 0.821. The Kier molecular flexibility index (Phi) is 3.82. The molecule has 0 saturated carbocycles. The van der Waals surface area contributed by atoms with Gasteiger partial charge >= 0.3 is 0 Å². The average Bonchev–Trinajstić information content (AvgIpc) is 2.80. The Labute approximate surface area is 106 Å². The molecule has 2 rings (SSSR count). The van der Waals surface area contributed by atoms with E-state index in [4.69, 9.17) is 14.9 Å². The monoisotopic (exact) mass is 247 g/mol. The second-order valence-electron chi connectivity index (χ2n) is 4.33. The van der Waals surface area contributed by atoms with Crippen LogP contribution >= 0.6 is 0 Å². The standard InChI is InChI=1S/C13H17N3O2/c1-9(2)13-16-15-12(18-13)7-8-17-11-6-4-3-5-10(11)14/h3-6,9H,7-8,14H2,1-2H3. The molecule has 2 N–H and O–H groups in total. The van der Waals surface area contributed by atoms with Gasteiger partial charge in [-0.3, -0.25) is 0 Å². The zero-order valence-electron chi connectivity index (χ0n) is 10.6. The maximum atomic E-state index is 5.77. The van der Waals surface area contributed by atoms with E-state index in [1.807, 2.05) is 32.0 Å². The highest BCUT2D eigenvalue weighted by Gasteiger charge is 2.09. The van der Waals surface area contributed by atoms with Crippen LogP contribution < -0.4 is 10.5 Å². The van der Waals surface area contributed by atoms with Crippen LogP contribution in [0.1, 0.15) is 31.5 Å². The van der Waals surface area contributed by atoms with Gasteiger partial charge in [0.15, 0.2) is 0 Å². The SMILES string of the molecule is CC(C)c1nnc(CCOc2ccccc2N)o1. The number of rotatable bonds is 5. The molecule has 0 saturated heterocycles. The first-order chi connectivity index (χ1) is 8.66. The number of hydrogen-bond acceptors (Lipinski definition) is 5. The summed E-state index contributed by atoms with van der Waals surface area (Å²) < 4.78 is 11.0. The van der Waals surface area contributed by atoms with Gasteiger partial charge in [0, 0.05) is 5.92 Å². The molecule has 0 unspecified atom stereocenters. The summed E-state index contributed by atoms with van der Waals surface area (Å²) in [6.45, 7) is 4.49. The Bertz CT molecular complexity index is 508. The van der Waals surface area contributed by atoms with Crippen molar-refractivity contribution in [2.75, 3.05) is 12.3 Å². The van der Waals surface area contributed by atoms with Gasteiger partial charge in [0.1, 0.15) is 5.75 Å². The minimum absolute atomic E-state index is 0.247. The van der Waals surface area contributed by atoms with Gasteiger partial charge in [0.25, 0.3) is 0 Å². The summed E-state index contributed by atoms with van der Waals surface area (Å²) in [7, 11) is 0. The number of ether oxygens (including phenoxy) is 1. The van der Waals surface area contributed by atoms with Crippen molar-refractivity contribution in [1.29, 1.82) is 0 Å². The van der Waals surface area contributed by atoms with Crippen LogP contribution in [0.2, 0.25) is 0 Å². The van der Waals surface area contributed by atoms with Crippen molar-refractivity contribution in [2.24, 2.45) is 0 Å². The summed E-state index contributed by atoms with van der Waals surface area (Å²) in [5.74, 6) is 2.18. The number of para-hydroxylation sites is 2. The first kappa shape index (κ1) is 12.4. The lowest BCUT2D eigenvalue weighted by Crippen LogP contribution is -2.03. The van der Waals surface area contributed by atoms with Gasteiger partial charge in [-0.15, -0.1) is 10.2 Å². The molecule has 0 atom stereocenters. The van der Waals surface area contributed by atoms with Crippen molar-refractivity contribution in [2.45, 2.75) is 26.2 Å². The van der Waals surface area contributed by atoms with Crippen LogP contribution in [0.15, 0.2) is 28.7 Å². The molecular formula is C13H17N3O2. The lowest BCUT2D eigenvalue weighted by Gasteiger charge is -2.06. The molecule has 1 aromatic heterocycles. The largest absolute Gasteiger partial charge is 0.491 e. The summed E-state index contributed by atoms with van der Waals surface area (Å²) >= 11 is 0. The minimum Gasteiger partial charge on any atom is -0.491 e. The van der Waals surface area contributed by atoms with E-state index in [2.05, 4.69) is 10.2 Å². The number of anilines is 1. The van der Waals surface area contributed by atoms with Crippen LogP contribution in [0, 0.1) is 0 Å². The summed E-state index contributed by atoms with van der Waals surface area (Å²) in [6, 6.07) is 7.39. The maximum Gasteiger partial charge on any atom is 0.219 e. The molecule has 0 spiro atoms. The molecule has 0 aliphatic rings. The van der Waals surface area contributed by atoms with E-state index >= 15 is 0 Å². The molecule has 18 heavy (non-hydrogen) atoms. The molecule has 1 heterocycles. The highest BCUT2D eigenvalue weighted by molar-refractivity contribution is 5.51. The zero-order valence-corrected chi connectivity index (χ0v) is 10.6. The van der Waals surface area contributed by atoms with Crippen LogP contribution in [0.25, 0.3) is 0 Å². The lowest BCUT2D eigenvalue weighted by molar-refractivity contribution is 0.304. The average molecular weight is 247 g/mol. The predicted molar refractivity (Wildman–Crippen MR) is 68.4 cm³/mol. The van der Waals surface area contributed by atoms with E-state index < -0.39 is 0 Å². The molecule has 5 nitrogen and oxygen atoms in total. The summed E-state index contributed by atoms with van der Waals surface area (Å²) in [6.07, 6.45) is 0.577. The summed E-state index contributed by atoms with van der Waals surface area (Å²) in [5, 5.41) is 7.93. The molecular weight excluding hydrogens is 230 g/mol. The first-order valence-electron chi connectivity index (χ1n) is 5.96. The van der Waals surface area contributed by atoms with Crippen LogP contribution in [-0.2, 0) is 6.42 Å². The maximum absolute atomic E-state index is 5.77. The van der Waals surface area contributed by atoms with Gasteiger partial charge in [-0.05, 0) is 12.1 Å². The molecule has 1 aromatic carbocycles. The molecule has 0 aliphatic heterocycles. The van der Waals surface area contributed by atoms with Gasteiger partial charge in [-0.2, -0.15) is 0 Å². The third-order valence-electron chi connectivity index (χ3n) is 2.47. The molecule has 0 amide bonds. The van der Waals surface area contributed by atoms with E-state index in [0.29, 0.717) is 36.2 Å². The van der Waals surface area contributed by atoms with E-state index in [9.17, 15) is 0 Å². The van der Waals surface area contributed by atoms with Gasteiger partial charge < -0.3 is 14.9 Å². The van der Waals surface area contributed by atoms with E-state index in [1.165, 1.54) is 0 Å². The Hall–Kier alpha value is -2.04. The molecule has 96 valence electrons. The lowest BCUT2D eigenvalue weighted by atomic mass is 10.2. The van der Waals surface area contributed by atoms with Crippen molar-refractivity contribution in [3.8, 4) is 5.75 Å². The Balaban J connectivity index is 1.87. The van der Waals surface area contributed by atoms with Crippen molar-refractivity contribution in [1.82, 2.24) is 10.2 Å². The number of hydrogen-bond donors (Lipinski definition) is 1. The van der Waals surface area contributed by atoms with Crippen molar-refractivity contribution >= 4 is 5.69 Å². The van der Waals surface area contributed by atoms with Gasteiger partial charge in [0.05, 0.1) is 18.7 Å². The summed E-state index contributed by atoms with van der Waals surface area (Å²) in [4.78, 5) is 0. The molecule has 5 heteroatoms. The van der Waals surface area contributed by atoms with Crippen molar-refractivity contribution in [3.63, 3.8) is 0 Å². The predicted octanol–water partition coefficient (Wildman–Crippen LogP) is 2.40. The van der Waals surface area contributed by atoms with Crippen LogP contribution in [0.4, 0.5) is 5.69 Å². The highest BCUT2D eigenvalue weighted by atomic mass is 16.5. The van der Waals surface area contributed by atoms with Crippen molar-refractivity contribution in [3.05, 3.63) is 36.0 Å². The van der Waals surface area contributed by atoms with Gasteiger partial charge in [-0.25, -0.2) is 0 Å². The fourth-order valence-corrected chi connectivity index (χ4v) is 1.46. The Morgan fingerprint density at radius 2 is 2.06 bits per heavy atom. The van der Waals surface area contributed by atoms with E-state index in [0.717, 1.165) is 0 Å². The number of nitrogens with two attached hydrogens (primary N) is 1. The van der Waals surface area contributed by atoms with Crippen LogP contribution in [0.5, 0.6) is 5.75 Å². The highest BCUT2D eigenvalue weighted by Crippen LogP contribution is 2.20. The normalized spacial score (nSPS) is 10.8. The fraction of sp³-hybridized carbons (Fsp3) is 0.385. The Morgan fingerprint density at radius 1 is 1.28 bits per heavy atom. The molecule has 0 radical (unpaired) electrons. The molecule has 0 fully saturated rings. The first-order valence-corrected chi connectivity index (χ1v) is 5.96. The van der Waals surface area contributed by atoms with E-state index in [-0.39, 0.29) is 5.92 Å². The van der Waals surface area contributed by atoms with Gasteiger partial charge in [-0.1, -0.05) is 26.0 Å². The van der Waals surface area contributed by atoms with Crippen LogP contribution in [-0.4, -0.2) is 16.8 Å². The third kappa shape index (κ3) is 3.00. The Morgan fingerprint density at radius 3 is 2.72 bits per heavy atom. The molecule has 0 bridgehead atoms. The second-order valence-corrected chi connectivity index (χ2v) is 4.33. The number of nitrogen functional groups attached to an aromatic ring is 1. The van der Waals surface area contributed by atoms with Gasteiger partial charge in [0.2, 0.25) is 11.8 Å². The number of nitrogens with zero attached hydrogens (tertiary/aromatic N) is 2. The topological polar surface area (TPSA) is 74.2 Å². The second kappa shape index (κ2) is 5.53. The third-order valence-corrected chi connectivity index (χ3v) is 2.47. The fourth-order valence-electron chi connectivity index (χ4n) is 1.46. The number of aromatic nitrogens is 2.